The number of carbonyl (C=O) groups excluding carboxylic acids is 1. The van der Waals surface area contributed by atoms with Gasteiger partial charge in [0, 0.05) is 6.42 Å². The number of aliphatic hydroxyl groups excluding tert-OH is 1. The van der Waals surface area contributed by atoms with E-state index in [0.717, 1.165) is 38.5 Å². The maximum absolute atomic E-state index is 12.6. The molecular weight excluding hydrogens is 621 g/mol. The molecule has 4 N–H and O–H groups in total. The van der Waals surface area contributed by atoms with Crippen LogP contribution >= 0.6 is 7.82 Å². The first-order valence-electron chi connectivity index (χ1n) is 20.6. The third kappa shape index (κ3) is 36.6. The third-order valence-corrected chi connectivity index (χ3v) is 9.98. The second-order valence-electron chi connectivity index (χ2n) is 14.3. The fourth-order valence-electron chi connectivity index (χ4n) is 6.34. The standard InChI is InChI=1S/C40H80NO6P/c1-3-5-7-9-11-13-15-17-19-20-22-23-25-27-29-31-33-35-39(42)38(37-47-48(44,45)46)41-40(43)36-34-32-30-28-26-24-21-18-16-14-12-10-8-6-4-2/h33,35,38-39,42H,3-32,34,36-37H2,1-2H3,(H,41,43)(H2,44,45,46)/b35-33+/t38-,39+/m0/s1. The first-order valence-corrected chi connectivity index (χ1v) is 22.2. The summed E-state index contributed by atoms with van der Waals surface area (Å²) in [4.78, 5) is 30.8. The van der Waals surface area contributed by atoms with Crippen molar-refractivity contribution in [1.29, 1.82) is 0 Å². The Morgan fingerprint density at radius 2 is 0.917 bits per heavy atom. The second-order valence-corrected chi connectivity index (χ2v) is 15.6. The van der Waals surface area contributed by atoms with Crippen molar-refractivity contribution in [1.82, 2.24) is 5.32 Å². The lowest BCUT2D eigenvalue weighted by atomic mass is 10.0. The number of allylic oxidation sites excluding steroid dienone is 1. The summed E-state index contributed by atoms with van der Waals surface area (Å²) in [6, 6.07) is -0.904. The highest BCUT2D eigenvalue weighted by Crippen LogP contribution is 2.35. The predicted octanol–water partition coefficient (Wildman–Crippen LogP) is 12.0. The number of hydrogen-bond donors (Lipinski definition) is 4. The third-order valence-electron chi connectivity index (χ3n) is 9.50. The molecule has 0 bridgehead atoms. The van der Waals surface area contributed by atoms with Crippen LogP contribution < -0.4 is 5.32 Å². The van der Waals surface area contributed by atoms with Gasteiger partial charge in [-0.15, -0.1) is 0 Å². The van der Waals surface area contributed by atoms with Crippen molar-refractivity contribution in [2.45, 2.75) is 231 Å². The average Bonchev–Trinajstić information content (AvgIpc) is 3.05. The van der Waals surface area contributed by atoms with Gasteiger partial charge in [0.1, 0.15) is 0 Å². The Bertz CT molecular complexity index is 758. The molecular formula is C40H80NO6P. The first kappa shape index (κ1) is 47.3. The van der Waals surface area contributed by atoms with E-state index in [2.05, 4.69) is 23.7 Å². The van der Waals surface area contributed by atoms with Gasteiger partial charge in [0.15, 0.2) is 0 Å². The van der Waals surface area contributed by atoms with Crippen LogP contribution in [-0.2, 0) is 13.9 Å². The first-order chi connectivity index (χ1) is 23.3. The summed E-state index contributed by atoms with van der Waals surface area (Å²) < 4.78 is 15.9. The molecule has 1 amide bonds. The molecule has 0 heterocycles. The maximum Gasteiger partial charge on any atom is 0.469 e. The molecule has 0 saturated carbocycles. The topological polar surface area (TPSA) is 116 Å². The minimum absolute atomic E-state index is 0.223. The molecule has 0 aromatic heterocycles. The number of carbonyl (C=O) groups is 1. The molecule has 0 rings (SSSR count). The molecule has 48 heavy (non-hydrogen) atoms. The van der Waals surface area contributed by atoms with Crippen LogP contribution in [0.3, 0.4) is 0 Å². The molecule has 2 atom stereocenters. The normalized spacial score (nSPS) is 13.4. The van der Waals surface area contributed by atoms with E-state index in [4.69, 9.17) is 9.79 Å². The fourth-order valence-corrected chi connectivity index (χ4v) is 6.70. The van der Waals surface area contributed by atoms with Crippen LogP contribution in [0.1, 0.15) is 219 Å². The largest absolute Gasteiger partial charge is 0.469 e. The zero-order valence-electron chi connectivity index (χ0n) is 31.7. The number of phosphoric ester groups is 1. The lowest BCUT2D eigenvalue weighted by Gasteiger charge is -2.22. The van der Waals surface area contributed by atoms with Crippen LogP contribution in [0.15, 0.2) is 12.2 Å². The van der Waals surface area contributed by atoms with Gasteiger partial charge in [0.25, 0.3) is 0 Å². The van der Waals surface area contributed by atoms with Crippen LogP contribution in [0.5, 0.6) is 0 Å². The number of aliphatic hydroxyl groups is 1. The Morgan fingerprint density at radius 1 is 0.583 bits per heavy atom. The number of hydrogen-bond acceptors (Lipinski definition) is 4. The summed E-state index contributed by atoms with van der Waals surface area (Å²) in [5.41, 5.74) is 0. The molecule has 0 aromatic carbocycles. The lowest BCUT2D eigenvalue weighted by Crippen LogP contribution is -2.45. The Labute approximate surface area is 297 Å². The number of phosphoric acid groups is 1. The molecule has 0 aliphatic heterocycles. The van der Waals surface area contributed by atoms with Crippen LogP contribution in [0.4, 0.5) is 0 Å². The van der Waals surface area contributed by atoms with E-state index in [1.807, 2.05) is 6.08 Å². The van der Waals surface area contributed by atoms with Crippen LogP contribution in [0.2, 0.25) is 0 Å². The molecule has 0 fully saturated rings. The Kier molecular flexibility index (Phi) is 35.5. The highest BCUT2D eigenvalue weighted by atomic mass is 31.2. The summed E-state index contributed by atoms with van der Waals surface area (Å²) >= 11 is 0. The van der Waals surface area contributed by atoms with Crippen LogP contribution in [0, 0.1) is 0 Å². The Hall–Kier alpha value is -0.720. The predicted molar refractivity (Wildman–Crippen MR) is 204 cm³/mol. The summed E-state index contributed by atoms with van der Waals surface area (Å²) in [6.07, 6.45) is 42.3. The monoisotopic (exact) mass is 702 g/mol. The number of nitrogens with one attached hydrogen (secondary N) is 1. The van der Waals surface area contributed by atoms with Crippen molar-refractivity contribution in [3.8, 4) is 0 Å². The summed E-state index contributed by atoms with van der Waals surface area (Å²) in [5.74, 6) is -0.223. The van der Waals surface area contributed by atoms with E-state index < -0.39 is 26.6 Å². The number of amides is 1. The molecule has 0 aliphatic rings. The quantitative estimate of drug-likeness (QED) is 0.0289. The second kappa shape index (κ2) is 36.1. The van der Waals surface area contributed by atoms with Crippen LogP contribution in [-0.4, -0.2) is 39.6 Å². The smallest absolute Gasteiger partial charge is 0.387 e. The van der Waals surface area contributed by atoms with Gasteiger partial charge in [-0.1, -0.05) is 206 Å². The lowest BCUT2D eigenvalue weighted by molar-refractivity contribution is -0.123. The van der Waals surface area contributed by atoms with Crippen molar-refractivity contribution in [2.75, 3.05) is 6.61 Å². The van der Waals surface area contributed by atoms with Crippen molar-refractivity contribution < 1.29 is 28.8 Å². The van der Waals surface area contributed by atoms with Gasteiger partial charge < -0.3 is 20.2 Å². The van der Waals surface area contributed by atoms with Crippen LogP contribution in [0.25, 0.3) is 0 Å². The zero-order valence-corrected chi connectivity index (χ0v) is 32.6. The fraction of sp³-hybridized carbons (Fsp3) is 0.925. The maximum atomic E-state index is 12.6. The molecule has 8 heteroatoms. The zero-order chi connectivity index (χ0) is 35.4. The van der Waals surface area contributed by atoms with E-state index in [1.165, 1.54) is 161 Å². The van der Waals surface area contributed by atoms with E-state index in [9.17, 15) is 14.5 Å². The molecule has 0 unspecified atom stereocenters. The Balaban J connectivity index is 3.96. The van der Waals surface area contributed by atoms with Gasteiger partial charge >= 0.3 is 7.82 Å². The van der Waals surface area contributed by atoms with E-state index in [1.54, 1.807) is 6.08 Å². The molecule has 7 nitrogen and oxygen atoms in total. The Morgan fingerprint density at radius 3 is 1.27 bits per heavy atom. The molecule has 0 spiro atoms. The average molecular weight is 702 g/mol. The van der Waals surface area contributed by atoms with E-state index >= 15 is 0 Å². The molecule has 0 radical (unpaired) electrons. The van der Waals surface area contributed by atoms with Crippen molar-refractivity contribution in [3.63, 3.8) is 0 Å². The summed E-state index contributed by atoms with van der Waals surface area (Å²) in [7, 11) is -4.71. The van der Waals surface area contributed by atoms with Gasteiger partial charge in [-0.05, 0) is 19.3 Å². The highest BCUT2D eigenvalue weighted by Gasteiger charge is 2.24. The van der Waals surface area contributed by atoms with E-state index in [0.29, 0.717) is 6.42 Å². The molecule has 0 aliphatic carbocycles. The summed E-state index contributed by atoms with van der Waals surface area (Å²) in [5, 5.41) is 13.4. The van der Waals surface area contributed by atoms with Crippen molar-refractivity contribution in [2.24, 2.45) is 0 Å². The minimum atomic E-state index is -4.71. The van der Waals surface area contributed by atoms with Crippen molar-refractivity contribution >= 4 is 13.7 Å². The number of unbranched alkanes of at least 4 members (excludes halogenated alkanes) is 29. The SMILES string of the molecule is CCCCCCCCCCCCCCCCC/C=C/[C@@H](O)[C@H](COP(=O)(O)O)NC(=O)CCCCCCCCCCCCCCCCC. The minimum Gasteiger partial charge on any atom is -0.387 e. The van der Waals surface area contributed by atoms with Gasteiger partial charge in [-0.25, -0.2) is 4.57 Å². The summed E-state index contributed by atoms with van der Waals surface area (Å²) in [6.45, 7) is 4.08. The van der Waals surface area contributed by atoms with Gasteiger partial charge in [0.05, 0.1) is 18.8 Å². The van der Waals surface area contributed by atoms with Gasteiger partial charge in [0.2, 0.25) is 5.91 Å². The molecule has 0 saturated heterocycles. The number of rotatable bonds is 38. The van der Waals surface area contributed by atoms with Crippen molar-refractivity contribution in [3.05, 3.63) is 12.2 Å². The highest BCUT2D eigenvalue weighted by molar-refractivity contribution is 7.46. The van der Waals surface area contributed by atoms with E-state index in [-0.39, 0.29) is 5.91 Å². The van der Waals surface area contributed by atoms with Gasteiger partial charge in [-0.2, -0.15) is 0 Å². The molecule has 286 valence electrons. The van der Waals surface area contributed by atoms with Gasteiger partial charge in [-0.3, -0.25) is 9.32 Å². The molecule has 0 aromatic rings.